The first-order valence-electron chi connectivity index (χ1n) is 5.91. The van der Waals surface area contributed by atoms with Crippen LogP contribution in [-0.4, -0.2) is 23.6 Å². The Morgan fingerprint density at radius 2 is 2.05 bits per heavy atom. The highest BCUT2D eigenvalue weighted by Gasteiger charge is 2.20. The highest BCUT2D eigenvalue weighted by Crippen LogP contribution is 2.17. The number of benzene rings is 1. The molecule has 8 heteroatoms. The van der Waals surface area contributed by atoms with Crippen LogP contribution in [0.15, 0.2) is 28.8 Å². The number of ether oxygens (including phenoxy) is 1. The fourth-order valence-electron chi connectivity index (χ4n) is 1.57. The van der Waals surface area contributed by atoms with Gasteiger partial charge in [0.2, 0.25) is 5.88 Å². The molecule has 0 unspecified atom stereocenters. The van der Waals surface area contributed by atoms with Gasteiger partial charge in [0.05, 0.1) is 5.69 Å². The van der Waals surface area contributed by atoms with E-state index in [9.17, 15) is 9.59 Å². The summed E-state index contributed by atoms with van der Waals surface area (Å²) in [6, 6.07) is 6.52. The molecule has 0 bridgehead atoms. The first-order chi connectivity index (χ1) is 9.97. The van der Waals surface area contributed by atoms with Crippen LogP contribution in [0.2, 0.25) is 5.02 Å². The number of esters is 1. The third kappa shape index (κ3) is 3.73. The molecular weight excluding hydrogens is 298 g/mol. The summed E-state index contributed by atoms with van der Waals surface area (Å²) < 4.78 is 9.49. The van der Waals surface area contributed by atoms with Crippen molar-refractivity contribution in [2.45, 2.75) is 6.92 Å². The Morgan fingerprint density at radius 3 is 2.62 bits per heavy atom. The van der Waals surface area contributed by atoms with Crippen molar-refractivity contribution in [1.82, 2.24) is 5.16 Å². The molecule has 0 atom stereocenters. The number of anilines is 2. The average Bonchev–Trinajstić information content (AvgIpc) is 2.78. The number of amides is 1. The monoisotopic (exact) mass is 309 g/mol. The fourth-order valence-corrected chi connectivity index (χ4v) is 1.70. The van der Waals surface area contributed by atoms with Crippen molar-refractivity contribution in [3.05, 3.63) is 40.5 Å². The number of hydrogen-bond donors (Lipinski definition) is 2. The minimum atomic E-state index is -0.766. The highest BCUT2D eigenvalue weighted by atomic mass is 35.5. The third-order valence-electron chi connectivity index (χ3n) is 2.56. The van der Waals surface area contributed by atoms with Crippen LogP contribution in [0.5, 0.6) is 0 Å². The third-order valence-corrected chi connectivity index (χ3v) is 2.81. The summed E-state index contributed by atoms with van der Waals surface area (Å²) >= 11 is 5.73. The minimum absolute atomic E-state index is 0.0225. The highest BCUT2D eigenvalue weighted by molar-refractivity contribution is 6.30. The minimum Gasteiger partial charge on any atom is -0.452 e. The summed E-state index contributed by atoms with van der Waals surface area (Å²) in [6.07, 6.45) is 0. The molecule has 1 heterocycles. The van der Waals surface area contributed by atoms with Gasteiger partial charge in [0.1, 0.15) is 5.56 Å². The molecule has 1 aromatic heterocycles. The average molecular weight is 310 g/mol. The number of nitrogens with two attached hydrogens (primary N) is 1. The van der Waals surface area contributed by atoms with Crippen molar-refractivity contribution >= 4 is 35.0 Å². The summed E-state index contributed by atoms with van der Waals surface area (Å²) in [5.41, 5.74) is 6.31. The second kappa shape index (κ2) is 6.27. The van der Waals surface area contributed by atoms with E-state index in [4.69, 9.17) is 22.1 Å². The van der Waals surface area contributed by atoms with E-state index in [0.717, 1.165) is 0 Å². The molecule has 0 saturated heterocycles. The number of aryl methyl sites for hydroxylation is 1. The van der Waals surface area contributed by atoms with Gasteiger partial charge in [0.25, 0.3) is 5.91 Å². The predicted octanol–water partition coefficient (Wildman–Crippen LogP) is 2.01. The Balaban J connectivity index is 1.89. The standard InChI is InChI=1S/C13H12ClN3O4/c1-7-11(12(15)21-17-7)13(19)20-6-10(18)16-9-4-2-8(14)3-5-9/h2-5H,6,15H2,1H3,(H,16,18). The van der Waals surface area contributed by atoms with Gasteiger partial charge in [-0.1, -0.05) is 16.8 Å². The van der Waals surface area contributed by atoms with E-state index in [0.29, 0.717) is 16.4 Å². The van der Waals surface area contributed by atoms with Gasteiger partial charge in [0, 0.05) is 10.7 Å². The van der Waals surface area contributed by atoms with Gasteiger partial charge in [-0.15, -0.1) is 0 Å². The van der Waals surface area contributed by atoms with E-state index in [-0.39, 0.29) is 11.4 Å². The van der Waals surface area contributed by atoms with E-state index < -0.39 is 18.5 Å². The van der Waals surface area contributed by atoms with Crippen molar-refractivity contribution in [1.29, 1.82) is 0 Å². The molecule has 2 aromatic rings. The number of halogens is 1. The number of nitrogen functional groups attached to an aromatic ring is 1. The van der Waals surface area contributed by atoms with Crippen LogP contribution < -0.4 is 11.1 Å². The number of aromatic nitrogens is 1. The summed E-state index contributed by atoms with van der Waals surface area (Å²) in [4.78, 5) is 23.4. The SMILES string of the molecule is Cc1noc(N)c1C(=O)OCC(=O)Nc1ccc(Cl)cc1. The molecule has 21 heavy (non-hydrogen) atoms. The van der Waals surface area contributed by atoms with Gasteiger partial charge in [-0.2, -0.15) is 0 Å². The maximum absolute atomic E-state index is 11.7. The molecule has 1 aromatic carbocycles. The van der Waals surface area contributed by atoms with Gasteiger partial charge in [0.15, 0.2) is 6.61 Å². The quantitative estimate of drug-likeness (QED) is 0.836. The number of nitrogens with zero attached hydrogens (tertiary/aromatic N) is 1. The van der Waals surface area contributed by atoms with Gasteiger partial charge in [-0.3, -0.25) is 4.79 Å². The molecule has 2 rings (SSSR count). The second-order valence-electron chi connectivity index (χ2n) is 4.14. The molecule has 1 amide bonds. The molecule has 3 N–H and O–H groups in total. The molecule has 0 aliphatic rings. The van der Waals surface area contributed by atoms with E-state index >= 15 is 0 Å². The molecule has 7 nitrogen and oxygen atoms in total. The van der Waals surface area contributed by atoms with Crippen molar-refractivity contribution in [2.75, 3.05) is 17.7 Å². The number of nitrogens with one attached hydrogen (secondary N) is 1. The zero-order valence-corrected chi connectivity index (χ0v) is 11.8. The number of rotatable bonds is 4. The smallest absolute Gasteiger partial charge is 0.346 e. The van der Waals surface area contributed by atoms with Crippen LogP contribution in [0, 0.1) is 6.92 Å². The lowest BCUT2D eigenvalue weighted by molar-refractivity contribution is -0.119. The number of carbonyl (C=O) groups is 2. The van der Waals surface area contributed by atoms with Crippen LogP contribution in [0.1, 0.15) is 16.1 Å². The Morgan fingerprint density at radius 1 is 1.38 bits per heavy atom. The van der Waals surface area contributed by atoms with Gasteiger partial charge in [-0.25, -0.2) is 4.79 Å². The molecule has 110 valence electrons. The lowest BCUT2D eigenvalue weighted by Crippen LogP contribution is -2.21. The maximum atomic E-state index is 11.7. The maximum Gasteiger partial charge on any atom is 0.346 e. The van der Waals surface area contributed by atoms with E-state index in [1.165, 1.54) is 0 Å². The molecular formula is C13H12ClN3O4. The molecule has 0 fully saturated rings. The Bertz CT molecular complexity index is 647. The Kier molecular flexibility index (Phi) is 4.44. The van der Waals surface area contributed by atoms with Crippen LogP contribution >= 0.6 is 11.6 Å². The topological polar surface area (TPSA) is 107 Å². The predicted molar refractivity (Wildman–Crippen MR) is 76.0 cm³/mol. The van der Waals surface area contributed by atoms with Crippen LogP contribution in [0.3, 0.4) is 0 Å². The molecule has 0 aliphatic heterocycles. The molecule has 0 aliphatic carbocycles. The Hall–Kier alpha value is -2.54. The van der Waals surface area contributed by atoms with E-state index in [1.54, 1.807) is 31.2 Å². The summed E-state index contributed by atoms with van der Waals surface area (Å²) in [5, 5.41) is 6.63. The van der Waals surface area contributed by atoms with Crippen molar-refractivity contribution in [3.63, 3.8) is 0 Å². The van der Waals surface area contributed by atoms with Gasteiger partial charge in [-0.05, 0) is 31.2 Å². The second-order valence-corrected chi connectivity index (χ2v) is 4.57. The van der Waals surface area contributed by atoms with Crippen molar-refractivity contribution in [2.24, 2.45) is 0 Å². The molecule has 0 spiro atoms. The number of hydrogen-bond acceptors (Lipinski definition) is 6. The van der Waals surface area contributed by atoms with Crippen molar-refractivity contribution in [3.8, 4) is 0 Å². The largest absolute Gasteiger partial charge is 0.452 e. The van der Waals surface area contributed by atoms with Crippen LogP contribution in [0.25, 0.3) is 0 Å². The summed E-state index contributed by atoms with van der Waals surface area (Å²) in [5.74, 6) is -1.40. The lowest BCUT2D eigenvalue weighted by atomic mass is 10.2. The van der Waals surface area contributed by atoms with Crippen molar-refractivity contribution < 1.29 is 18.8 Å². The normalized spacial score (nSPS) is 10.2. The Labute approximate surface area is 125 Å². The molecule has 0 radical (unpaired) electrons. The zero-order valence-electron chi connectivity index (χ0n) is 11.1. The first-order valence-corrected chi connectivity index (χ1v) is 6.29. The first kappa shape index (κ1) is 14.9. The van der Waals surface area contributed by atoms with E-state index in [2.05, 4.69) is 15.0 Å². The number of carbonyl (C=O) groups excluding carboxylic acids is 2. The van der Waals surface area contributed by atoms with Crippen LogP contribution in [-0.2, 0) is 9.53 Å². The van der Waals surface area contributed by atoms with Gasteiger partial charge >= 0.3 is 5.97 Å². The van der Waals surface area contributed by atoms with Crippen LogP contribution in [0.4, 0.5) is 11.6 Å². The summed E-state index contributed by atoms with van der Waals surface area (Å²) in [7, 11) is 0. The zero-order chi connectivity index (χ0) is 15.4. The fraction of sp³-hybridized carbons (Fsp3) is 0.154. The lowest BCUT2D eigenvalue weighted by Gasteiger charge is -2.06. The molecule has 0 saturated carbocycles. The van der Waals surface area contributed by atoms with E-state index in [1.807, 2.05) is 0 Å². The van der Waals surface area contributed by atoms with Gasteiger partial charge < -0.3 is 20.3 Å². The summed E-state index contributed by atoms with van der Waals surface area (Å²) in [6.45, 7) is 1.09.